The van der Waals surface area contributed by atoms with Crippen molar-refractivity contribution < 1.29 is 0 Å². The molecule has 0 aromatic heterocycles. The van der Waals surface area contributed by atoms with Crippen molar-refractivity contribution in [1.82, 2.24) is 10.6 Å². The molecular weight excluding hydrogens is 498 g/mol. The summed E-state index contributed by atoms with van der Waals surface area (Å²) in [5, 5.41) is 8.25. The van der Waals surface area contributed by atoms with E-state index in [-0.39, 0.29) is 26.7 Å². The van der Waals surface area contributed by atoms with Gasteiger partial charge in [-0.05, 0) is 106 Å². The smallest absolute Gasteiger partial charge is 0.00191 e. The minimum Gasteiger partial charge on any atom is -0.316 e. The van der Waals surface area contributed by atoms with Crippen molar-refractivity contribution in [3.8, 4) is 0 Å². The van der Waals surface area contributed by atoms with Crippen LogP contribution in [0.25, 0.3) is 0 Å². The molecule has 0 spiro atoms. The van der Waals surface area contributed by atoms with E-state index < -0.39 is 0 Å². The Morgan fingerprint density at radius 3 is 1.34 bits per heavy atom. The van der Waals surface area contributed by atoms with E-state index in [2.05, 4.69) is 106 Å². The minimum absolute atomic E-state index is 0.0744. The Morgan fingerprint density at radius 1 is 0.632 bits per heavy atom. The zero-order valence-corrected chi connectivity index (χ0v) is 29.1. The molecule has 0 bridgehead atoms. The van der Waals surface area contributed by atoms with Crippen LogP contribution in [0.4, 0.5) is 0 Å². The van der Waals surface area contributed by atoms with Crippen LogP contribution >= 0.6 is 15.8 Å². The molecule has 2 aliphatic heterocycles. The van der Waals surface area contributed by atoms with Crippen molar-refractivity contribution in [2.45, 2.75) is 154 Å². The normalized spacial score (nSPS) is 23.1. The zero-order chi connectivity index (χ0) is 28.5. The molecule has 218 valence electrons. The molecule has 1 aromatic rings. The average molecular weight is 561 g/mol. The third-order valence-electron chi connectivity index (χ3n) is 8.74. The Morgan fingerprint density at radius 2 is 1.03 bits per heavy atom. The van der Waals surface area contributed by atoms with Crippen LogP contribution in [0.1, 0.15) is 131 Å². The Hall–Kier alpha value is -0.0000000000000000555. The van der Waals surface area contributed by atoms with Gasteiger partial charge in [0.2, 0.25) is 0 Å². The molecule has 2 heterocycles. The summed E-state index contributed by atoms with van der Waals surface area (Å²) in [5.74, 6) is 0. The van der Waals surface area contributed by atoms with Gasteiger partial charge in [0, 0.05) is 13.1 Å². The molecule has 2 N–H and O–H groups in total. The Bertz CT molecular complexity index is 867. The van der Waals surface area contributed by atoms with Crippen LogP contribution in [-0.2, 0) is 23.2 Å². The van der Waals surface area contributed by atoms with Crippen molar-refractivity contribution >= 4 is 15.8 Å². The Labute approximate surface area is 240 Å². The van der Waals surface area contributed by atoms with E-state index in [9.17, 15) is 0 Å². The van der Waals surface area contributed by atoms with E-state index in [1.807, 2.05) is 0 Å². The fraction of sp³-hybridized carbons (Fsp3) is 0.824. The Balaban J connectivity index is 2.16. The number of piperidine rings is 2. The highest BCUT2D eigenvalue weighted by Gasteiger charge is 2.37. The summed E-state index contributed by atoms with van der Waals surface area (Å²) in [7, 11) is -0.267. The van der Waals surface area contributed by atoms with Gasteiger partial charge in [-0.3, -0.25) is 0 Å². The summed E-state index contributed by atoms with van der Waals surface area (Å²) >= 11 is 0. The summed E-state index contributed by atoms with van der Waals surface area (Å²) < 4.78 is 0. The summed E-state index contributed by atoms with van der Waals surface area (Å²) in [4.78, 5) is 0. The highest BCUT2D eigenvalue weighted by Crippen LogP contribution is 2.62. The van der Waals surface area contributed by atoms with Crippen LogP contribution in [0, 0.1) is 0 Å². The topological polar surface area (TPSA) is 24.1 Å². The van der Waals surface area contributed by atoms with Gasteiger partial charge in [0.15, 0.2) is 0 Å². The molecule has 2 fully saturated rings. The third kappa shape index (κ3) is 8.51. The number of hydrogen-bond acceptors (Lipinski definition) is 2. The van der Waals surface area contributed by atoms with Gasteiger partial charge < -0.3 is 10.6 Å². The lowest BCUT2D eigenvalue weighted by atomic mass is 9.74. The predicted octanol–water partition coefficient (Wildman–Crippen LogP) is 9.35. The largest absolute Gasteiger partial charge is 0.316 e. The standard InChI is InChI=1S/C34H62N2P2/c1-31(2,3)29-19-25(23-37(27-15-13-17-35-21-27)28-16-14-18-36-22-28)26(20-30(29)32(4,5)6)24-38(33(7,8)9)34(10,11)12/h19-20,27-28,35-36H,13-18,21-24H2,1-12H3. The lowest BCUT2D eigenvalue weighted by Gasteiger charge is -2.43. The van der Waals surface area contributed by atoms with Gasteiger partial charge in [0.05, 0.1) is 0 Å². The van der Waals surface area contributed by atoms with Crippen molar-refractivity contribution in [3.63, 3.8) is 0 Å². The van der Waals surface area contributed by atoms with Crippen molar-refractivity contribution in [2.24, 2.45) is 0 Å². The zero-order valence-electron chi connectivity index (χ0n) is 27.3. The van der Waals surface area contributed by atoms with Crippen LogP contribution in [0.3, 0.4) is 0 Å². The summed E-state index contributed by atoms with van der Waals surface area (Å²) in [6.45, 7) is 34.4. The van der Waals surface area contributed by atoms with Gasteiger partial charge in [-0.15, -0.1) is 0 Å². The molecule has 4 heteroatoms. The van der Waals surface area contributed by atoms with Gasteiger partial charge in [-0.25, -0.2) is 0 Å². The SMILES string of the molecule is CC(C)(C)c1cc(CP(C2CCCNC2)C2CCCNC2)c(CP(C(C)(C)C)C(C)(C)C)cc1C(C)(C)C. The summed E-state index contributed by atoms with van der Waals surface area (Å²) in [6, 6.07) is 5.42. The lowest BCUT2D eigenvalue weighted by Crippen LogP contribution is -2.39. The highest BCUT2D eigenvalue weighted by molar-refractivity contribution is 7.60. The Kier molecular flexibility index (Phi) is 10.7. The number of benzene rings is 1. The first kappa shape index (κ1) is 32.5. The first-order chi connectivity index (χ1) is 17.4. The second kappa shape index (κ2) is 12.5. The molecule has 2 saturated heterocycles. The van der Waals surface area contributed by atoms with E-state index in [4.69, 9.17) is 0 Å². The molecule has 2 aliphatic rings. The molecule has 3 rings (SSSR count). The molecule has 0 amide bonds. The van der Waals surface area contributed by atoms with E-state index >= 15 is 0 Å². The number of rotatable bonds is 6. The molecule has 2 nitrogen and oxygen atoms in total. The van der Waals surface area contributed by atoms with Gasteiger partial charge in [0.1, 0.15) is 0 Å². The minimum atomic E-state index is -0.193. The van der Waals surface area contributed by atoms with Crippen LogP contribution < -0.4 is 10.6 Å². The maximum Gasteiger partial charge on any atom is 0.00191 e. The molecule has 0 radical (unpaired) electrons. The monoisotopic (exact) mass is 560 g/mol. The second-order valence-corrected chi connectivity index (χ2v) is 22.9. The molecule has 0 saturated carbocycles. The van der Waals surface area contributed by atoms with Crippen LogP contribution in [-0.4, -0.2) is 47.8 Å². The quantitative estimate of drug-likeness (QED) is 0.339. The molecule has 38 heavy (non-hydrogen) atoms. The second-order valence-electron chi connectivity index (χ2n) is 16.3. The van der Waals surface area contributed by atoms with Gasteiger partial charge in [0.25, 0.3) is 0 Å². The number of hydrogen-bond donors (Lipinski definition) is 2. The van der Waals surface area contributed by atoms with Crippen molar-refractivity contribution in [2.75, 3.05) is 26.2 Å². The van der Waals surface area contributed by atoms with Gasteiger partial charge >= 0.3 is 0 Å². The molecule has 2 unspecified atom stereocenters. The van der Waals surface area contributed by atoms with Crippen LogP contribution in [0.15, 0.2) is 12.1 Å². The van der Waals surface area contributed by atoms with E-state index in [0.717, 1.165) is 11.3 Å². The highest BCUT2D eigenvalue weighted by atomic mass is 31.1. The molecule has 1 aromatic carbocycles. The van der Waals surface area contributed by atoms with E-state index in [1.54, 1.807) is 22.3 Å². The van der Waals surface area contributed by atoms with Crippen LogP contribution in [0.5, 0.6) is 0 Å². The van der Waals surface area contributed by atoms with E-state index in [0.29, 0.717) is 10.3 Å². The van der Waals surface area contributed by atoms with Crippen LogP contribution in [0.2, 0.25) is 0 Å². The van der Waals surface area contributed by atoms with Crippen molar-refractivity contribution in [3.05, 3.63) is 34.4 Å². The first-order valence-electron chi connectivity index (χ1n) is 15.5. The summed E-state index contributed by atoms with van der Waals surface area (Å²) in [6.07, 6.45) is 8.12. The maximum absolute atomic E-state index is 3.79. The maximum atomic E-state index is 3.79. The predicted molar refractivity (Wildman–Crippen MR) is 176 cm³/mol. The summed E-state index contributed by atoms with van der Waals surface area (Å²) in [5.41, 5.74) is 8.56. The fourth-order valence-electron chi connectivity index (χ4n) is 6.86. The number of nitrogens with one attached hydrogen (secondary N) is 2. The molecular formula is C34H62N2P2. The molecule has 0 aliphatic carbocycles. The lowest BCUT2D eigenvalue weighted by molar-refractivity contribution is 0.500. The van der Waals surface area contributed by atoms with E-state index in [1.165, 1.54) is 64.2 Å². The van der Waals surface area contributed by atoms with Crippen molar-refractivity contribution in [1.29, 1.82) is 0 Å². The average Bonchev–Trinajstić information content (AvgIpc) is 2.79. The fourth-order valence-corrected chi connectivity index (χ4v) is 14.0. The first-order valence-corrected chi connectivity index (χ1v) is 18.7. The third-order valence-corrected chi connectivity index (χ3v) is 16.1. The van der Waals surface area contributed by atoms with Gasteiger partial charge in [-0.2, -0.15) is 0 Å². The van der Waals surface area contributed by atoms with Gasteiger partial charge in [-0.1, -0.05) is 111 Å². The molecule has 2 atom stereocenters.